The molecule has 8 heteroatoms. The average molecular weight is 359 g/mol. The average Bonchev–Trinajstić information content (AvgIpc) is 3.46. The number of morpholine rings is 1. The number of anilines is 1. The zero-order valence-electron chi connectivity index (χ0n) is 15.0. The van der Waals surface area contributed by atoms with Crippen molar-refractivity contribution in [2.45, 2.75) is 25.2 Å². The summed E-state index contributed by atoms with van der Waals surface area (Å²) in [4.78, 5) is 22.9. The van der Waals surface area contributed by atoms with Gasteiger partial charge in [0.25, 0.3) is 0 Å². The minimum absolute atomic E-state index is 0.215. The van der Waals surface area contributed by atoms with Gasteiger partial charge in [0.15, 0.2) is 0 Å². The Bertz CT molecular complexity index is 679. The lowest BCUT2D eigenvalue weighted by atomic mass is 10.2. The van der Waals surface area contributed by atoms with Crippen molar-refractivity contribution in [3.05, 3.63) is 11.6 Å². The second kappa shape index (κ2) is 7.64. The van der Waals surface area contributed by atoms with Crippen LogP contribution in [0.4, 0.5) is 5.88 Å². The second-order valence-electron chi connectivity index (χ2n) is 7.16. The molecule has 2 aliphatic heterocycles. The summed E-state index contributed by atoms with van der Waals surface area (Å²) in [5.41, 5.74) is 0.405. The molecule has 3 fully saturated rings. The maximum absolute atomic E-state index is 12.3. The molecule has 1 aromatic heterocycles. The highest BCUT2D eigenvalue weighted by Gasteiger charge is 2.32. The number of rotatable bonds is 5. The number of nitrogens with zero attached hydrogens (tertiary/aromatic N) is 5. The van der Waals surface area contributed by atoms with E-state index in [-0.39, 0.29) is 5.91 Å². The van der Waals surface area contributed by atoms with Gasteiger partial charge in [-0.25, -0.2) is 4.98 Å². The zero-order valence-corrected chi connectivity index (χ0v) is 15.0. The number of carbonyl (C=O) groups excluding carboxylic acids is 1. The van der Waals surface area contributed by atoms with Gasteiger partial charge in [0, 0.05) is 58.2 Å². The lowest BCUT2D eigenvalue weighted by molar-refractivity contribution is -0.135. The van der Waals surface area contributed by atoms with E-state index in [1.54, 1.807) is 0 Å². The first kappa shape index (κ1) is 17.3. The molecule has 0 N–H and O–H groups in total. The molecule has 1 saturated carbocycles. The molecular weight excluding hydrogens is 334 g/mol. The van der Waals surface area contributed by atoms with Gasteiger partial charge in [-0.05, 0) is 12.8 Å². The van der Waals surface area contributed by atoms with Crippen LogP contribution >= 0.6 is 0 Å². The van der Waals surface area contributed by atoms with Crippen molar-refractivity contribution in [3.8, 4) is 6.07 Å². The smallest absolute Gasteiger partial charge is 0.234 e. The van der Waals surface area contributed by atoms with Crippen LogP contribution in [0.2, 0.25) is 0 Å². The van der Waals surface area contributed by atoms with Crippen molar-refractivity contribution < 1.29 is 13.9 Å². The van der Waals surface area contributed by atoms with Crippen LogP contribution in [0.1, 0.15) is 36.8 Å². The summed E-state index contributed by atoms with van der Waals surface area (Å²) in [6, 6.07) is 2.16. The van der Waals surface area contributed by atoms with Gasteiger partial charge in [-0.15, -0.1) is 0 Å². The molecule has 1 amide bonds. The van der Waals surface area contributed by atoms with Crippen LogP contribution < -0.4 is 4.90 Å². The highest BCUT2D eigenvalue weighted by molar-refractivity contribution is 5.76. The van der Waals surface area contributed by atoms with Crippen LogP contribution in [0.5, 0.6) is 0 Å². The standard InChI is InChI=1S/C18H25N5O3/c19-13-15-18(26-17(20-15)14-1-2-14)23-7-5-21(6-8-23)4-3-16(24)22-9-11-25-12-10-22/h14H,1-12H2. The van der Waals surface area contributed by atoms with Gasteiger partial charge in [0.05, 0.1) is 13.2 Å². The van der Waals surface area contributed by atoms with Gasteiger partial charge in [-0.2, -0.15) is 5.26 Å². The van der Waals surface area contributed by atoms with E-state index in [9.17, 15) is 10.1 Å². The van der Waals surface area contributed by atoms with Crippen LogP contribution in [0.3, 0.4) is 0 Å². The molecule has 0 unspecified atom stereocenters. The number of amides is 1. The zero-order chi connectivity index (χ0) is 17.9. The maximum Gasteiger partial charge on any atom is 0.234 e. The molecule has 140 valence electrons. The van der Waals surface area contributed by atoms with Crippen molar-refractivity contribution in [2.24, 2.45) is 0 Å². The Kier molecular flexibility index (Phi) is 5.09. The minimum atomic E-state index is 0.215. The molecule has 26 heavy (non-hydrogen) atoms. The number of hydrogen-bond donors (Lipinski definition) is 0. The molecule has 3 aliphatic rings. The Hall–Kier alpha value is -2.11. The number of piperazine rings is 1. The molecule has 0 atom stereocenters. The number of nitriles is 1. The third kappa shape index (κ3) is 3.84. The van der Waals surface area contributed by atoms with Gasteiger partial charge in [0.1, 0.15) is 6.07 Å². The Morgan fingerprint density at radius 1 is 1.15 bits per heavy atom. The van der Waals surface area contributed by atoms with Gasteiger partial charge in [-0.3, -0.25) is 9.69 Å². The van der Waals surface area contributed by atoms with Crippen molar-refractivity contribution in [1.82, 2.24) is 14.8 Å². The number of hydrogen-bond acceptors (Lipinski definition) is 7. The highest BCUT2D eigenvalue weighted by Crippen LogP contribution is 2.41. The summed E-state index contributed by atoms with van der Waals surface area (Å²) in [7, 11) is 0. The topological polar surface area (TPSA) is 85.8 Å². The van der Waals surface area contributed by atoms with E-state index in [2.05, 4.69) is 20.9 Å². The first-order valence-corrected chi connectivity index (χ1v) is 9.48. The summed E-state index contributed by atoms with van der Waals surface area (Å²) < 4.78 is 11.2. The Morgan fingerprint density at radius 3 is 2.54 bits per heavy atom. The Labute approximate surface area is 153 Å². The second-order valence-corrected chi connectivity index (χ2v) is 7.16. The predicted octanol–water partition coefficient (Wildman–Crippen LogP) is 0.795. The van der Waals surface area contributed by atoms with Crippen molar-refractivity contribution >= 4 is 11.8 Å². The largest absolute Gasteiger partial charge is 0.423 e. The molecule has 0 radical (unpaired) electrons. The van der Waals surface area contributed by atoms with Crippen LogP contribution in [0, 0.1) is 11.3 Å². The predicted molar refractivity (Wildman–Crippen MR) is 93.9 cm³/mol. The number of aromatic nitrogens is 1. The molecule has 0 spiro atoms. The van der Waals surface area contributed by atoms with E-state index in [0.29, 0.717) is 50.2 Å². The summed E-state index contributed by atoms with van der Waals surface area (Å²) >= 11 is 0. The van der Waals surface area contributed by atoms with Crippen LogP contribution in [0.25, 0.3) is 0 Å². The molecule has 4 rings (SSSR count). The van der Waals surface area contributed by atoms with Crippen molar-refractivity contribution in [2.75, 3.05) is 63.9 Å². The molecule has 8 nitrogen and oxygen atoms in total. The normalized spacial score (nSPS) is 21.7. The SMILES string of the molecule is N#Cc1nc(C2CC2)oc1N1CCN(CCC(=O)N2CCOCC2)CC1. The first-order valence-electron chi connectivity index (χ1n) is 9.48. The van der Waals surface area contributed by atoms with Crippen LogP contribution in [0.15, 0.2) is 4.42 Å². The van der Waals surface area contributed by atoms with Gasteiger partial charge in [-0.1, -0.05) is 0 Å². The summed E-state index contributed by atoms with van der Waals surface area (Å²) in [6.07, 6.45) is 2.77. The fraction of sp³-hybridized carbons (Fsp3) is 0.722. The lowest BCUT2D eigenvalue weighted by Gasteiger charge is -2.35. The van der Waals surface area contributed by atoms with Gasteiger partial charge < -0.3 is 19.0 Å². The highest BCUT2D eigenvalue weighted by atomic mass is 16.5. The van der Waals surface area contributed by atoms with Crippen LogP contribution in [-0.4, -0.2) is 79.7 Å². The molecular formula is C18H25N5O3. The fourth-order valence-corrected chi connectivity index (χ4v) is 3.52. The summed E-state index contributed by atoms with van der Waals surface area (Å²) in [6.45, 7) is 6.79. The Morgan fingerprint density at radius 2 is 1.88 bits per heavy atom. The van der Waals surface area contributed by atoms with Crippen molar-refractivity contribution in [1.29, 1.82) is 5.26 Å². The van der Waals surface area contributed by atoms with E-state index < -0.39 is 0 Å². The maximum atomic E-state index is 12.3. The van der Waals surface area contributed by atoms with E-state index in [1.807, 2.05) is 4.90 Å². The molecule has 1 aliphatic carbocycles. The van der Waals surface area contributed by atoms with Crippen molar-refractivity contribution in [3.63, 3.8) is 0 Å². The summed E-state index contributed by atoms with van der Waals surface area (Å²) in [5.74, 6) is 1.96. The lowest BCUT2D eigenvalue weighted by Crippen LogP contribution is -2.48. The van der Waals surface area contributed by atoms with E-state index in [0.717, 1.165) is 51.5 Å². The molecule has 2 saturated heterocycles. The number of oxazole rings is 1. The minimum Gasteiger partial charge on any atom is -0.423 e. The summed E-state index contributed by atoms with van der Waals surface area (Å²) in [5, 5.41) is 9.33. The first-order chi connectivity index (χ1) is 12.7. The van der Waals surface area contributed by atoms with Crippen LogP contribution in [-0.2, 0) is 9.53 Å². The molecule has 1 aromatic rings. The van der Waals surface area contributed by atoms with E-state index >= 15 is 0 Å². The fourth-order valence-electron chi connectivity index (χ4n) is 3.52. The number of carbonyl (C=O) groups is 1. The molecule has 0 aromatic carbocycles. The third-order valence-corrected chi connectivity index (χ3v) is 5.32. The molecule has 0 bridgehead atoms. The Balaban J connectivity index is 1.26. The number of ether oxygens (including phenoxy) is 1. The van der Waals surface area contributed by atoms with E-state index in [1.165, 1.54) is 0 Å². The third-order valence-electron chi connectivity index (χ3n) is 5.32. The molecule has 3 heterocycles. The quantitative estimate of drug-likeness (QED) is 0.768. The van der Waals surface area contributed by atoms with E-state index in [4.69, 9.17) is 9.15 Å². The van der Waals surface area contributed by atoms with Gasteiger partial charge in [0.2, 0.25) is 23.4 Å². The monoisotopic (exact) mass is 359 g/mol. The van der Waals surface area contributed by atoms with Gasteiger partial charge >= 0.3 is 0 Å².